The molecule has 0 atom stereocenters. The predicted octanol–water partition coefficient (Wildman–Crippen LogP) is 4.68. The molecule has 0 aliphatic rings. The lowest BCUT2D eigenvalue weighted by Crippen LogP contribution is -2.14. The van der Waals surface area contributed by atoms with Crippen LogP contribution >= 0.6 is 0 Å². The van der Waals surface area contributed by atoms with E-state index < -0.39 is 11.9 Å². The summed E-state index contributed by atoms with van der Waals surface area (Å²) in [5.41, 5.74) is 0.734. The van der Waals surface area contributed by atoms with Gasteiger partial charge in [0.25, 0.3) is 0 Å². The molecule has 0 unspecified atom stereocenters. The van der Waals surface area contributed by atoms with Crippen LogP contribution in [-0.2, 0) is 14.4 Å². The Morgan fingerprint density at radius 2 is 1.38 bits per heavy atom. The van der Waals surface area contributed by atoms with E-state index in [0.717, 1.165) is 63.5 Å². The number of ether oxygens (including phenoxy) is 1. The first-order chi connectivity index (χ1) is 15.4. The number of aromatic nitrogens is 1. The quantitative estimate of drug-likeness (QED) is 0.222. The second-order valence-corrected chi connectivity index (χ2v) is 7.79. The lowest BCUT2D eigenvalue weighted by atomic mass is 10.1. The molecule has 1 aromatic heterocycles. The highest BCUT2D eigenvalue weighted by Crippen LogP contribution is 2.26. The van der Waals surface area contributed by atoms with Gasteiger partial charge < -0.3 is 25.6 Å². The highest BCUT2D eigenvalue weighted by molar-refractivity contribution is 5.91. The highest BCUT2D eigenvalue weighted by atomic mass is 16.5. The van der Waals surface area contributed by atoms with Gasteiger partial charge in [-0.05, 0) is 19.3 Å². The maximum absolute atomic E-state index is 12.3. The van der Waals surface area contributed by atoms with Crippen molar-refractivity contribution in [3.8, 4) is 5.75 Å². The fourth-order valence-corrected chi connectivity index (χ4v) is 3.18. The molecule has 0 bridgehead atoms. The number of nitrogens with one attached hydrogen (secondary N) is 2. The molecule has 4 N–H and O–H groups in total. The van der Waals surface area contributed by atoms with Crippen LogP contribution in [0.3, 0.4) is 0 Å². The van der Waals surface area contributed by atoms with Gasteiger partial charge in [-0.15, -0.1) is 0 Å². The third-order valence-corrected chi connectivity index (χ3v) is 4.99. The minimum atomic E-state index is -0.875. The largest absolute Gasteiger partial charge is 0.490 e. The second kappa shape index (κ2) is 16.8. The van der Waals surface area contributed by atoms with E-state index in [9.17, 15) is 14.4 Å². The monoisotopic (exact) mass is 451 g/mol. The van der Waals surface area contributed by atoms with Gasteiger partial charge in [-0.2, -0.15) is 0 Å². The fourth-order valence-electron chi connectivity index (χ4n) is 3.18. The van der Waals surface area contributed by atoms with Crippen molar-refractivity contribution in [1.29, 1.82) is 0 Å². The molecule has 1 aromatic rings. The van der Waals surface area contributed by atoms with Crippen LogP contribution in [0, 0.1) is 0 Å². The van der Waals surface area contributed by atoms with Crippen LogP contribution < -0.4 is 15.4 Å². The minimum absolute atomic E-state index is 0.0194. The number of carboxylic acid groups (broad SMARTS) is 2. The maximum Gasteiger partial charge on any atom is 0.303 e. The summed E-state index contributed by atoms with van der Waals surface area (Å²) in [6.07, 6.45) is 11.7. The number of pyridine rings is 1. The lowest BCUT2D eigenvalue weighted by molar-refractivity contribution is -0.138. The third kappa shape index (κ3) is 13.5. The van der Waals surface area contributed by atoms with Gasteiger partial charge >= 0.3 is 11.9 Å². The van der Waals surface area contributed by atoms with Crippen LogP contribution in [0.15, 0.2) is 12.3 Å². The van der Waals surface area contributed by atoms with Gasteiger partial charge in [0, 0.05) is 32.4 Å². The normalized spacial score (nSPS) is 10.5. The Balaban J connectivity index is 2.23. The summed E-state index contributed by atoms with van der Waals surface area (Å²) in [5, 5.41) is 23.1. The number of hydrogen-bond donors (Lipinski definition) is 4. The van der Waals surface area contributed by atoms with Crippen LogP contribution in [0.2, 0.25) is 0 Å². The summed E-state index contributed by atoms with van der Waals surface area (Å²) >= 11 is 0. The summed E-state index contributed by atoms with van der Waals surface area (Å²) < 4.78 is 5.64. The summed E-state index contributed by atoms with van der Waals surface area (Å²) in [6.45, 7) is 0.226. The Labute approximate surface area is 190 Å². The standard InChI is InChI=1S/C23H37N3O6/c1-24-18-16-19(32-15-11-14-22(30)31)23(25-17-18)26-20(27)12-9-7-5-3-2-4-6-8-10-13-21(28)29/h16-17,24H,2-15H2,1H3,(H,28,29)(H,30,31)(H,25,26,27). The van der Waals surface area contributed by atoms with Gasteiger partial charge in [-0.1, -0.05) is 44.9 Å². The van der Waals surface area contributed by atoms with E-state index in [-0.39, 0.29) is 25.4 Å². The van der Waals surface area contributed by atoms with Crippen molar-refractivity contribution in [2.75, 3.05) is 24.3 Å². The number of carboxylic acids is 2. The molecule has 1 rings (SSSR count). The number of carbonyl (C=O) groups is 3. The van der Waals surface area contributed by atoms with E-state index in [0.29, 0.717) is 24.4 Å². The number of rotatable bonds is 19. The Bertz CT molecular complexity index is 711. The van der Waals surface area contributed by atoms with Crippen molar-refractivity contribution in [1.82, 2.24) is 4.98 Å². The van der Waals surface area contributed by atoms with E-state index in [1.54, 1.807) is 19.3 Å². The molecule has 32 heavy (non-hydrogen) atoms. The number of amides is 1. The number of nitrogens with zero attached hydrogens (tertiary/aromatic N) is 1. The van der Waals surface area contributed by atoms with Crippen LogP contribution in [0.4, 0.5) is 11.5 Å². The molecule has 9 heteroatoms. The van der Waals surface area contributed by atoms with Crippen LogP contribution in [-0.4, -0.2) is 46.7 Å². The Hall–Kier alpha value is -2.84. The highest BCUT2D eigenvalue weighted by Gasteiger charge is 2.11. The molecule has 1 amide bonds. The molecule has 0 aliphatic heterocycles. The van der Waals surface area contributed by atoms with Gasteiger partial charge in [0.05, 0.1) is 18.5 Å². The average Bonchev–Trinajstić information content (AvgIpc) is 2.75. The zero-order valence-corrected chi connectivity index (χ0v) is 19.0. The first-order valence-electron chi connectivity index (χ1n) is 11.5. The van der Waals surface area contributed by atoms with Crippen molar-refractivity contribution < 1.29 is 29.3 Å². The van der Waals surface area contributed by atoms with Gasteiger partial charge in [0.15, 0.2) is 11.6 Å². The molecule has 1 heterocycles. The van der Waals surface area contributed by atoms with Gasteiger partial charge in [0.1, 0.15) is 0 Å². The summed E-state index contributed by atoms with van der Waals surface area (Å²) in [4.78, 5) is 37.6. The number of aliphatic carboxylic acids is 2. The average molecular weight is 452 g/mol. The maximum atomic E-state index is 12.3. The zero-order chi connectivity index (χ0) is 23.6. The van der Waals surface area contributed by atoms with E-state index in [2.05, 4.69) is 15.6 Å². The Morgan fingerprint density at radius 1 is 0.844 bits per heavy atom. The first-order valence-corrected chi connectivity index (χ1v) is 11.5. The molecule has 9 nitrogen and oxygen atoms in total. The molecule has 180 valence electrons. The van der Waals surface area contributed by atoms with Crippen LogP contribution in [0.1, 0.15) is 83.5 Å². The second-order valence-electron chi connectivity index (χ2n) is 7.79. The van der Waals surface area contributed by atoms with E-state index >= 15 is 0 Å². The molecule has 0 saturated carbocycles. The minimum Gasteiger partial charge on any atom is -0.490 e. The summed E-state index contributed by atoms with van der Waals surface area (Å²) in [7, 11) is 1.75. The summed E-state index contributed by atoms with van der Waals surface area (Å²) in [5.74, 6) is -0.964. The van der Waals surface area contributed by atoms with Gasteiger partial charge in [-0.3, -0.25) is 14.4 Å². The number of unbranched alkanes of at least 4 members (excludes halogenated alkanes) is 8. The molecule has 0 fully saturated rings. The first kappa shape index (κ1) is 27.2. The number of carbonyl (C=O) groups excluding carboxylic acids is 1. The zero-order valence-electron chi connectivity index (χ0n) is 19.0. The van der Waals surface area contributed by atoms with Crippen molar-refractivity contribution in [3.63, 3.8) is 0 Å². The van der Waals surface area contributed by atoms with Crippen molar-refractivity contribution >= 4 is 29.4 Å². The van der Waals surface area contributed by atoms with Gasteiger partial charge in [-0.25, -0.2) is 4.98 Å². The molecule has 0 aliphatic carbocycles. The molecule has 0 saturated heterocycles. The molecule has 0 spiro atoms. The van der Waals surface area contributed by atoms with E-state index in [1.165, 1.54) is 0 Å². The predicted molar refractivity (Wildman–Crippen MR) is 123 cm³/mol. The van der Waals surface area contributed by atoms with Gasteiger partial charge in [0.2, 0.25) is 5.91 Å². The third-order valence-electron chi connectivity index (χ3n) is 4.99. The van der Waals surface area contributed by atoms with Crippen molar-refractivity contribution in [3.05, 3.63) is 12.3 Å². The number of hydrogen-bond acceptors (Lipinski definition) is 6. The molecular formula is C23H37N3O6. The fraction of sp³-hybridized carbons (Fsp3) is 0.652. The van der Waals surface area contributed by atoms with Crippen molar-refractivity contribution in [2.24, 2.45) is 0 Å². The van der Waals surface area contributed by atoms with E-state index in [1.807, 2.05) is 0 Å². The molecule has 0 radical (unpaired) electrons. The smallest absolute Gasteiger partial charge is 0.303 e. The van der Waals surface area contributed by atoms with Crippen LogP contribution in [0.25, 0.3) is 0 Å². The molecule has 0 aromatic carbocycles. The lowest BCUT2D eigenvalue weighted by Gasteiger charge is -2.13. The molecular weight excluding hydrogens is 414 g/mol. The summed E-state index contributed by atoms with van der Waals surface area (Å²) in [6, 6.07) is 1.73. The topological polar surface area (TPSA) is 138 Å². The van der Waals surface area contributed by atoms with E-state index in [4.69, 9.17) is 14.9 Å². The van der Waals surface area contributed by atoms with Crippen molar-refractivity contribution in [2.45, 2.75) is 83.5 Å². The SMILES string of the molecule is CNc1cnc(NC(=O)CCCCCCCCCCCC(=O)O)c(OCCCC(=O)O)c1. The Morgan fingerprint density at radius 3 is 1.94 bits per heavy atom. The van der Waals surface area contributed by atoms with Crippen LogP contribution in [0.5, 0.6) is 5.75 Å². The Kier molecular flexibility index (Phi) is 14.3. The number of anilines is 2.